The normalized spacial score (nSPS) is 10.6. The van der Waals surface area contributed by atoms with Gasteiger partial charge in [0.15, 0.2) is 0 Å². The number of aromatic amines is 2. The maximum Gasteiger partial charge on any atom is 0.314 e. The summed E-state index contributed by atoms with van der Waals surface area (Å²) in [7, 11) is 0. The number of carbonyl (C=O) groups excluding carboxylic acids is 1. The van der Waals surface area contributed by atoms with Crippen molar-refractivity contribution in [2.45, 2.75) is 0 Å². The number of nitro groups is 1. The molecule has 126 valence electrons. The van der Waals surface area contributed by atoms with E-state index < -0.39 is 21.9 Å². The Hall–Kier alpha value is -3.46. The summed E-state index contributed by atoms with van der Waals surface area (Å²) in [4.78, 5) is 49.9. The van der Waals surface area contributed by atoms with E-state index in [-0.39, 0.29) is 27.5 Å². The van der Waals surface area contributed by atoms with E-state index in [1.165, 1.54) is 30.3 Å². The molecule has 0 saturated heterocycles. The molecule has 10 heteroatoms. The van der Waals surface area contributed by atoms with Crippen molar-refractivity contribution in [1.82, 2.24) is 9.97 Å². The quantitative estimate of drug-likeness (QED) is 0.372. The predicted octanol–water partition coefficient (Wildman–Crippen LogP) is 2.03. The Bertz CT molecular complexity index is 1130. The van der Waals surface area contributed by atoms with E-state index in [1.807, 2.05) is 0 Å². The van der Waals surface area contributed by atoms with Crippen LogP contribution in [-0.4, -0.2) is 20.8 Å². The minimum Gasteiger partial charge on any atom is -0.322 e. The SMILES string of the molecule is O=C(Nc1ccc(Cl)c([N+](=O)[O-])c1)c1ccc2[nH]c(=O)c(=O)[nH]c2c1. The lowest BCUT2D eigenvalue weighted by Crippen LogP contribution is -2.29. The lowest BCUT2D eigenvalue weighted by Gasteiger charge is -2.07. The summed E-state index contributed by atoms with van der Waals surface area (Å²) in [6, 6.07) is 8.15. The molecule has 0 spiro atoms. The van der Waals surface area contributed by atoms with Crippen molar-refractivity contribution in [3.8, 4) is 0 Å². The van der Waals surface area contributed by atoms with E-state index in [0.717, 1.165) is 6.07 Å². The highest BCUT2D eigenvalue weighted by Crippen LogP contribution is 2.27. The third-order valence-electron chi connectivity index (χ3n) is 3.39. The Morgan fingerprint density at radius 3 is 2.40 bits per heavy atom. The van der Waals surface area contributed by atoms with Gasteiger partial charge in [-0.2, -0.15) is 0 Å². The molecule has 0 aliphatic carbocycles. The van der Waals surface area contributed by atoms with Gasteiger partial charge in [0.2, 0.25) is 0 Å². The molecular weight excluding hydrogens is 352 g/mol. The number of benzene rings is 2. The number of hydrogen-bond acceptors (Lipinski definition) is 5. The van der Waals surface area contributed by atoms with Crippen LogP contribution in [0.4, 0.5) is 11.4 Å². The van der Waals surface area contributed by atoms with E-state index in [1.54, 1.807) is 0 Å². The van der Waals surface area contributed by atoms with Gasteiger partial charge in [-0.15, -0.1) is 0 Å². The number of anilines is 1. The van der Waals surface area contributed by atoms with Crippen LogP contribution in [0.1, 0.15) is 10.4 Å². The van der Waals surface area contributed by atoms with Crippen LogP contribution >= 0.6 is 11.6 Å². The molecule has 0 fully saturated rings. The zero-order valence-electron chi connectivity index (χ0n) is 12.3. The summed E-state index contributed by atoms with van der Waals surface area (Å²) in [6.45, 7) is 0. The van der Waals surface area contributed by atoms with E-state index >= 15 is 0 Å². The zero-order valence-corrected chi connectivity index (χ0v) is 13.1. The average molecular weight is 361 g/mol. The number of nitrogens with zero attached hydrogens (tertiary/aromatic N) is 1. The molecule has 0 unspecified atom stereocenters. The molecule has 0 atom stereocenters. The van der Waals surface area contributed by atoms with Crippen LogP contribution in [0.2, 0.25) is 5.02 Å². The van der Waals surface area contributed by atoms with Crippen molar-refractivity contribution in [1.29, 1.82) is 0 Å². The fourth-order valence-electron chi connectivity index (χ4n) is 2.19. The first-order valence-electron chi connectivity index (χ1n) is 6.87. The summed E-state index contributed by atoms with van der Waals surface area (Å²) in [6.07, 6.45) is 0. The second-order valence-corrected chi connectivity index (χ2v) is 5.45. The van der Waals surface area contributed by atoms with Gasteiger partial charge < -0.3 is 15.3 Å². The van der Waals surface area contributed by atoms with Crippen molar-refractivity contribution in [2.75, 3.05) is 5.32 Å². The van der Waals surface area contributed by atoms with E-state index in [4.69, 9.17) is 11.6 Å². The standard InChI is InChI=1S/C15H9ClN4O5/c16-9-3-2-8(6-12(9)20(24)25)17-13(21)7-1-4-10-11(5-7)19-15(23)14(22)18-10/h1-6H,(H,17,21)(H,18,22)(H,19,23). The van der Waals surface area contributed by atoms with Crippen molar-refractivity contribution >= 4 is 39.9 Å². The number of hydrogen-bond donors (Lipinski definition) is 3. The fraction of sp³-hybridized carbons (Fsp3) is 0. The van der Waals surface area contributed by atoms with Crippen molar-refractivity contribution in [3.63, 3.8) is 0 Å². The van der Waals surface area contributed by atoms with E-state index in [2.05, 4.69) is 15.3 Å². The molecule has 0 saturated carbocycles. The maximum atomic E-state index is 12.3. The molecule has 9 nitrogen and oxygen atoms in total. The Labute approximate surface area is 143 Å². The second-order valence-electron chi connectivity index (χ2n) is 5.05. The predicted molar refractivity (Wildman–Crippen MR) is 91.2 cm³/mol. The number of nitrogens with one attached hydrogen (secondary N) is 3. The van der Waals surface area contributed by atoms with Crippen LogP contribution in [-0.2, 0) is 0 Å². The lowest BCUT2D eigenvalue weighted by molar-refractivity contribution is -0.384. The Morgan fingerprint density at radius 2 is 1.72 bits per heavy atom. The molecule has 0 radical (unpaired) electrons. The maximum absolute atomic E-state index is 12.3. The third kappa shape index (κ3) is 3.26. The molecule has 25 heavy (non-hydrogen) atoms. The van der Waals surface area contributed by atoms with Crippen LogP contribution in [0.25, 0.3) is 11.0 Å². The van der Waals surface area contributed by atoms with Crippen LogP contribution < -0.4 is 16.4 Å². The zero-order chi connectivity index (χ0) is 18.1. The van der Waals surface area contributed by atoms with Gasteiger partial charge in [-0.05, 0) is 30.3 Å². The van der Waals surface area contributed by atoms with E-state index in [0.29, 0.717) is 5.52 Å². The van der Waals surface area contributed by atoms with E-state index in [9.17, 15) is 24.5 Å². The number of rotatable bonds is 3. The molecule has 2 aromatic carbocycles. The molecule has 3 N–H and O–H groups in total. The van der Waals surface area contributed by atoms with Gasteiger partial charge in [-0.1, -0.05) is 11.6 Å². The summed E-state index contributed by atoms with van der Waals surface area (Å²) < 4.78 is 0. The molecule has 3 rings (SSSR count). The lowest BCUT2D eigenvalue weighted by atomic mass is 10.1. The minimum absolute atomic E-state index is 0.0461. The number of carbonyl (C=O) groups is 1. The van der Waals surface area contributed by atoms with Gasteiger partial charge in [0.05, 0.1) is 16.0 Å². The summed E-state index contributed by atoms with van der Waals surface area (Å²) in [5.41, 5.74) is -0.942. The fourth-order valence-corrected chi connectivity index (χ4v) is 2.38. The highest BCUT2D eigenvalue weighted by molar-refractivity contribution is 6.32. The van der Waals surface area contributed by atoms with Gasteiger partial charge in [0.1, 0.15) is 5.02 Å². The topological polar surface area (TPSA) is 138 Å². The average Bonchev–Trinajstić information content (AvgIpc) is 2.57. The molecule has 1 amide bonds. The number of fused-ring (bicyclic) bond motifs is 1. The van der Waals surface area contributed by atoms with Crippen LogP contribution in [0.5, 0.6) is 0 Å². The molecular formula is C15H9ClN4O5. The Balaban J connectivity index is 1.93. The first-order chi connectivity index (χ1) is 11.8. The first kappa shape index (κ1) is 16.4. The molecule has 1 aromatic heterocycles. The molecule has 3 aromatic rings. The van der Waals surface area contributed by atoms with Crippen LogP contribution in [0.15, 0.2) is 46.0 Å². The Morgan fingerprint density at radius 1 is 1.04 bits per heavy atom. The number of H-pyrrole nitrogens is 2. The summed E-state index contributed by atoms with van der Waals surface area (Å²) >= 11 is 5.72. The van der Waals surface area contributed by atoms with Crippen molar-refractivity contribution in [3.05, 3.63) is 77.8 Å². The van der Waals surface area contributed by atoms with Gasteiger partial charge >= 0.3 is 11.1 Å². The summed E-state index contributed by atoms with van der Waals surface area (Å²) in [5, 5.41) is 13.3. The number of nitro benzene ring substituents is 1. The Kier molecular flexibility index (Phi) is 4.07. The highest BCUT2D eigenvalue weighted by Gasteiger charge is 2.15. The smallest absolute Gasteiger partial charge is 0.314 e. The van der Waals surface area contributed by atoms with Crippen LogP contribution in [0, 0.1) is 10.1 Å². The molecule has 0 aliphatic heterocycles. The summed E-state index contributed by atoms with van der Waals surface area (Å²) in [5.74, 6) is -0.550. The van der Waals surface area contributed by atoms with Crippen LogP contribution in [0.3, 0.4) is 0 Å². The largest absolute Gasteiger partial charge is 0.322 e. The molecule has 1 heterocycles. The van der Waals surface area contributed by atoms with Crippen molar-refractivity contribution < 1.29 is 9.72 Å². The third-order valence-corrected chi connectivity index (χ3v) is 3.70. The highest BCUT2D eigenvalue weighted by atomic mass is 35.5. The van der Waals surface area contributed by atoms with Gasteiger partial charge in [0.25, 0.3) is 11.6 Å². The van der Waals surface area contributed by atoms with Gasteiger partial charge in [-0.25, -0.2) is 0 Å². The van der Waals surface area contributed by atoms with Gasteiger partial charge in [0, 0.05) is 17.3 Å². The van der Waals surface area contributed by atoms with Gasteiger partial charge in [-0.3, -0.25) is 24.5 Å². The minimum atomic E-state index is -0.835. The van der Waals surface area contributed by atoms with Crippen molar-refractivity contribution in [2.24, 2.45) is 0 Å². The number of halogens is 1. The molecule has 0 aliphatic rings. The first-order valence-corrected chi connectivity index (χ1v) is 7.24. The monoisotopic (exact) mass is 360 g/mol. The molecule has 0 bridgehead atoms. The number of aromatic nitrogens is 2. The second kappa shape index (κ2) is 6.21. The number of amides is 1.